The van der Waals surface area contributed by atoms with Gasteiger partial charge in [-0.05, 0) is 24.7 Å². The highest BCUT2D eigenvalue weighted by Gasteiger charge is 2.32. The lowest BCUT2D eigenvalue weighted by molar-refractivity contribution is -0.385. The molecule has 1 aliphatic carbocycles. The molecule has 0 saturated heterocycles. The summed E-state index contributed by atoms with van der Waals surface area (Å²) in [5.74, 6) is -0.177. The van der Waals surface area contributed by atoms with Crippen LogP contribution in [0.5, 0.6) is 0 Å². The van der Waals surface area contributed by atoms with E-state index >= 15 is 0 Å². The molecule has 0 unspecified atom stereocenters. The van der Waals surface area contributed by atoms with Crippen LogP contribution in [0, 0.1) is 15.5 Å². The van der Waals surface area contributed by atoms with Crippen molar-refractivity contribution >= 4 is 11.6 Å². The zero-order valence-electron chi connectivity index (χ0n) is 12.0. The van der Waals surface area contributed by atoms with Crippen LogP contribution in [-0.4, -0.2) is 27.2 Å². The Bertz CT molecular complexity index is 532. The van der Waals surface area contributed by atoms with Crippen LogP contribution >= 0.6 is 0 Å². The molecule has 21 heavy (non-hydrogen) atoms. The number of hydrogen-bond acceptors (Lipinski definition) is 4. The molecule has 1 aliphatic rings. The summed E-state index contributed by atoms with van der Waals surface area (Å²) in [5, 5.41) is 17.3. The van der Waals surface area contributed by atoms with Crippen molar-refractivity contribution in [1.29, 1.82) is 0 Å². The fourth-order valence-corrected chi connectivity index (χ4v) is 2.91. The lowest BCUT2D eigenvalue weighted by Crippen LogP contribution is -2.37. The van der Waals surface area contributed by atoms with Crippen LogP contribution < -0.4 is 5.32 Å². The fourth-order valence-electron chi connectivity index (χ4n) is 2.91. The number of aromatic nitrogens is 2. The molecule has 0 bridgehead atoms. The van der Waals surface area contributed by atoms with E-state index in [4.69, 9.17) is 0 Å². The summed E-state index contributed by atoms with van der Waals surface area (Å²) in [6.45, 7) is 4.42. The summed E-state index contributed by atoms with van der Waals surface area (Å²) in [6.07, 6.45) is 9.80. The van der Waals surface area contributed by atoms with Crippen molar-refractivity contribution in [3.63, 3.8) is 0 Å². The first-order valence-corrected chi connectivity index (χ1v) is 7.09. The second-order valence-corrected chi connectivity index (χ2v) is 5.63. The first-order valence-electron chi connectivity index (χ1n) is 7.09. The van der Waals surface area contributed by atoms with Gasteiger partial charge in [0.2, 0.25) is 5.91 Å². The van der Waals surface area contributed by atoms with Gasteiger partial charge in [0.1, 0.15) is 18.9 Å². The van der Waals surface area contributed by atoms with E-state index in [1.807, 2.05) is 6.08 Å². The van der Waals surface area contributed by atoms with Crippen molar-refractivity contribution in [2.24, 2.45) is 5.41 Å². The van der Waals surface area contributed by atoms with E-state index in [1.54, 1.807) is 0 Å². The van der Waals surface area contributed by atoms with Gasteiger partial charge in [-0.3, -0.25) is 19.6 Å². The van der Waals surface area contributed by atoms with Gasteiger partial charge in [0.05, 0.1) is 4.92 Å². The number of rotatable bonds is 7. The summed E-state index contributed by atoms with van der Waals surface area (Å²) in [7, 11) is 0. The zero-order chi connectivity index (χ0) is 15.3. The van der Waals surface area contributed by atoms with E-state index in [9.17, 15) is 14.9 Å². The highest BCUT2D eigenvalue weighted by atomic mass is 16.6. The lowest BCUT2D eigenvalue weighted by atomic mass is 9.82. The molecule has 0 aromatic carbocycles. The van der Waals surface area contributed by atoms with Gasteiger partial charge in [0, 0.05) is 6.54 Å². The minimum Gasteiger partial charge on any atom is -0.354 e. The zero-order valence-corrected chi connectivity index (χ0v) is 12.0. The van der Waals surface area contributed by atoms with Gasteiger partial charge in [-0.15, -0.1) is 6.58 Å². The number of amides is 1. The van der Waals surface area contributed by atoms with Gasteiger partial charge in [-0.1, -0.05) is 18.9 Å². The Morgan fingerprint density at radius 1 is 1.57 bits per heavy atom. The maximum atomic E-state index is 11.9. The highest BCUT2D eigenvalue weighted by Crippen LogP contribution is 2.40. The maximum Gasteiger partial charge on any atom is 0.307 e. The van der Waals surface area contributed by atoms with E-state index in [1.165, 1.54) is 23.7 Å². The molecule has 0 atom stereocenters. The number of hydrogen-bond donors (Lipinski definition) is 1. The quantitative estimate of drug-likeness (QED) is 0.473. The van der Waals surface area contributed by atoms with Crippen molar-refractivity contribution in [2.75, 3.05) is 6.54 Å². The smallest absolute Gasteiger partial charge is 0.307 e. The first kappa shape index (κ1) is 15.2. The molecule has 114 valence electrons. The molecule has 1 fully saturated rings. The van der Waals surface area contributed by atoms with E-state index in [2.05, 4.69) is 17.0 Å². The van der Waals surface area contributed by atoms with E-state index in [-0.39, 0.29) is 23.6 Å². The third-order valence-corrected chi connectivity index (χ3v) is 4.04. The molecule has 7 heteroatoms. The Morgan fingerprint density at radius 2 is 2.29 bits per heavy atom. The van der Waals surface area contributed by atoms with Gasteiger partial charge in [0.25, 0.3) is 0 Å². The van der Waals surface area contributed by atoms with E-state index in [0.717, 1.165) is 25.5 Å². The van der Waals surface area contributed by atoms with Crippen molar-refractivity contribution in [1.82, 2.24) is 15.1 Å². The Balaban J connectivity index is 1.86. The molecular weight excluding hydrogens is 272 g/mol. The topological polar surface area (TPSA) is 90.1 Å². The van der Waals surface area contributed by atoms with Crippen LogP contribution in [0.15, 0.2) is 25.0 Å². The molecule has 1 saturated carbocycles. The van der Waals surface area contributed by atoms with Crippen LogP contribution in [0.25, 0.3) is 0 Å². The van der Waals surface area contributed by atoms with Gasteiger partial charge < -0.3 is 5.32 Å². The van der Waals surface area contributed by atoms with Crippen molar-refractivity contribution in [3.05, 3.63) is 35.2 Å². The number of nitrogens with one attached hydrogen (secondary N) is 1. The van der Waals surface area contributed by atoms with Gasteiger partial charge in [-0.2, -0.15) is 5.10 Å². The third-order valence-electron chi connectivity index (χ3n) is 4.04. The number of carbonyl (C=O) groups is 1. The van der Waals surface area contributed by atoms with Crippen molar-refractivity contribution in [3.8, 4) is 0 Å². The average molecular weight is 292 g/mol. The summed E-state index contributed by atoms with van der Waals surface area (Å²) in [4.78, 5) is 22.0. The average Bonchev–Trinajstić information content (AvgIpc) is 3.07. The number of allylic oxidation sites excluding steroid dienone is 1. The number of nitro groups is 1. The van der Waals surface area contributed by atoms with Gasteiger partial charge in [0.15, 0.2) is 0 Å². The Labute approximate surface area is 123 Å². The first-order chi connectivity index (χ1) is 10.0. The fraction of sp³-hybridized carbons (Fsp3) is 0.571. The highest BCUT2D eigenvalue weighted by molar-refractivity contribution is 5.75. The molecule has 1 heterocycles. The Morgan fingerprint density at radius 3 is 2.86 bits per heavy atom. The normalized spacial score (nSPS) is 16.6. The van der Waals surface area contributed by atoms with Crippen LogP contribution in [-0.2, 0) is 11.3 Å². The monoisotopic (exact) mass is 292 g/mol. The van der Waals surface area contributed by atoms with Crippen LogP contribution in [0.2, 0.25) is 0 Å². The summed E-state index contributed by atoms with van der Waals surface area (Å²) < 4.78 is 1.28. The minimum absolute atomic E-state index is 0.00197. The van der Waals surface area contributed by atoms with Crippen molar-refractivity contribution in [2.45, 2.75) is 38.6 Å². The molecule has 1 amide bonds. The third kappa shape index (κ3) is 3.90. The van der Waals surface area contributed by atoms with Crippen molar-refractivity contribution < 1.29 is 9.72 Å². The van der Waals surface area contributed by atoms with Crippen LogP contribution in [0.1, 0.15) is 32.1 Å². The lowest BCUT2D eigenvalue weighted by Gasteiger charge is -2.27. The molecule has 0 radical (unpaired) electrons. The standard InChI is InChI=1S/C14H20N4O3/c1-2-5-14(6-3-4-7-14)11-15-13(19)10-17-9-12(8-16-17)18(20)21/h2,8-9H,1,3-7,10-11H2,(H,15,19). The number of nitrogens with zero attached hydrogens (tertiary/aromatic N) is 3. The molecule has 7 nitrogen and oxygen atoms in total. The predicted molar refractivity (Wildman–Crippen MR) is 77.6 cm³/mol. The molecular formula is C14H20N4O3. The second-order valence-electron chi connectivity index (χ2n) is 5.63. The van der Waals surface area contributed by atoms with E-state index in [0.29, 0.717) is 6.54 Å². The van der Waals surface area contributed by atoms with E-state index < -0.39 is 4.92 Å². The molecule has 0 aliphatic heterocycles. The molecule has 2 rings (SSSR count). The summed E-state index contributed by atoms with van der Waals surface area (Å²) in [5.41, 5.74) is 0.0229. The summed E-state index contributed by atoms with van der Waals surface area (Å²) in [6, 6.07) is 0. The molecule has 0 spiro atoms. The second kappa shape index (κ2) is 6.51. The molecule has 1 N–H and O–H groups in total. The predicted octanol–water partition coefficient (Wildman–Crippen LogP) is 2.04. The van der Waals surface area contributed by atoms with Crippen LogP contribution in [0.4, 0.5) is 5.69 Å². The summed E-state index contributed by atoms with van der Waals surface area (Å²) >= 11 is 0. The number of carbonyl (C=O) groups excluding carboxylic acids is 1. The largest absolute Gasteiger partial charge is 0.354 e. The van der Waals surface area contributed by atoms with Crippen LogP contribution in [0.3, 0.4) is 0 Å². The SMILES string of the molecule is C=CCC1(CNC(=O)Cn2cc([N+](=O)[O-])cn2)CCCC1. The minimum atomic E-state index is -0.529. The van der Waals surface area contributed by atoms with Gasteiger partial charge >= 0.3 is 5.69 Å². The Kier molecular flexibility index (Phi) is 4.72. The Hall–Kier alpha value is -2.18. The van der Waals surface area contributed by atoms with Gasteiger partial charge in [-0.25, -0.2) is 0 Å². The molecule has 1 aromatic rings. The molecule has 1 aromatic heterocycles. The maximum absolute atomic E-state index is 11.9.